The highest BCUT2D eigenvalue weighted by Gasteiger charge is 2.23. The average Bonchev–Trinajstić information content (AvgIpc) is 2.58. The fraction of sp³-hybridized carbons (Fsp3) is 0.278. The number of hydrogen-bond acceptors (Lipinski definition) is 1. The van der Waals surface area contributed by atoms with Gasteiger partial charge in [-0.1, -0.05) is 41.9 Å². The van der Waals surface area contributed by atoms with E-state index in [2.05, 4.69) is 29.6 Å². The van der Waals surface area contributed by atoms with Gasteiger partial charge in [0.2, 0.25) is 0 Å². The number of hydrogen-bond donors (Lipinski definition) is 2. The van der Waals surface area contributed by atoms with Crippen LogP contribution in [0.3, 0.4) is 0 Å². The van der Waals surface area contributed by atoms with Crippen molar-refractivity contribution in [2.45, 2.75) is 6.54 Å². The molecule has 120 valence electrons. The third-order valence-electron chi connectivity index (χ3n) is 4.15. The summed E-state index contributed by atoms with van der Waals surface area (Å²) in [4.78, 5) is 15.7. The van der Waals surface area contributed by atoms with Crippen LogP contribution in [-0.4, -0.2) is 37.1 Å². The van der Waals surface area contributed by atoms with Gasteiger partial charge in [0.05, 0.1) is 26.2 Å². The maximum absolute atomic E-state index is 12.3. The van der Waals surface area contributed by atoms with E-state index in [1.165, 1.54) is 10.5 Å². The quantitative estimate of drug-likeness (QED) is 0.890. The number of benzene rings is 2. The molecular formula is C18H21ClN3O+. The third kappa shape index (κ3) is 4.47. The second-order valence-corrected chi connectivity index (χ2v) is 6.27. The van der Waals surface area contributed by atoms with Crippen LogP contribution in [0.5, 0.6) is 0 Å². The highest BCUT2D eigenvalue weighted by Crippen LogP contribution is 2.13. The van der Waals surface area contributed by atoms with Crippen molar-refractivity contribution in [2.75, 3.05) is 31.5 Å². The normalized spacial score (nSPS) is 15.4. The molecule has 23 heavy (non-hydrogen) atoms. The molecule has 0 unspecified atom stereocenters. The number of urea groups is 1. The van der Waals surface area contributed by atoms with Crippen molar-refractivity contribution in [3.63, 3.8) is 0 Å². The molecule has 2 amide bonds. The summed E-state index contributed by atoms with van der Waals surface area (Å²) in [5.41, 5.74) is 2.13. The van der Waals surface area contributed by atoms with Gasteiger partial charge in [0, 0.05) is 16.3 Å². The Morgan fingerprint density at radius 3 is 2.35 bits per heavy atom. The van der Waals surface area contributed by atoms with Crippen LogP contribution < -0.4 is 10.2 Å². The van der Waals surface area contributed by atoms with Crippen LogP contribution in [0.2, 0.25) is 5.02 Å². The van der Waals surface area contributed by atoms with Crippen LogP contribution in [0.4, 0.5) is 10.5 Å². The molecule has 1 saturated heterocycles. The molecule has 1 heterocycles. The van der Waals surface area contributed by atoms with E-state index in [1.807, 2.05) is 23.1 Å². The molecule has 0 aliphatic carbocycles. The minimum Gasteiger partial charge on any atom is -0.328 e. The Balaban J connectivity index is 1.48. The Bertz CT molecular complexity index is 637. The molecule has 2 aromatic carbocycles. The van der Waals surface area contributed by atoms with Gasteiger partial charge in [-0.05, 0) is 24.3 Å². The van der Waals surface area contributed by atoms with Gasteiger partial charge < -0.3 is 15.1 Å². The minimum atomic E-state index is -0.0360. The van der Waals surface area contributed by atoms with Gasteiger partial charge in [0.1, 0.15) is 6.54 Å². The summed E-state index contributed by atoms with van der Waals surface area (Å²) in [6.45, 7) is 4.53. The molecule has 0 radical (unpaired) electrons. The van der Waals surface area contributed by atoms with E-state index in [0.29, 0.717) is 5.02 Å². The number of piperazine rings is 1. The number of carbonyl (C=O) groups excluding carboxylic acids is 1. The molecule has 1 aliphatic heterocycles. The number of rotatable bonds is 3. The van der Waals surface area contributed by atoms with Crippen LogP contribution in [0.15, 0.2) is 54.6 Å². The zero-order chi connectivity index (χ0) is 16.1. The molecular weight excluding hydrogens is 310 g/mol. The molecule has 0 spiro atoms. The summed E-state index contributed by atoms with van der Waals surface area (Å²) < 4.78 is 0. The molecule has 0 atom stereocenters. The molecule has 0 bridgehead atoms. The summed E-state index contributed by atoms with van der Waals surface area (Å²) in [7, 11) is 0. The molecule has 5 heteroatoms. The number of halogens is 1. The lowest BCUT2D eigenvalue weighted by atomic mass is 10.2. The SMILES string of the molecule is O=C(Nc1ccc(Cl)cc1)N1CC[NH+](Cc2ccccc2)CC1. The Morgan fingerprint density at radius 2 is 1.70 bits per heavy atom. The van der Waals surface area contributed by atoms with Crippen molar-refractivity contribution >= 4 is 23.3 Å². The summed E-state index contributed by atoms with van der Waals surface area (Å²) >= 11 is 5.85. The Labute approximate surface area is 141 Å². The number of nitrogens with zero attached hydrogens (tertiary/aromatic N) is 1. The fourth-order valence-electron chi connectivity index (χ4n) is 2.82. The summed E-state index contributed by atoms with van der Waals surface area (Å²) in [6, 6.07) is 17.7. The van der Waals surface area contributed by atoms with Crippen LogP contribution in [-0.2, 0) is 6.54 Å². The van der Waals surface area contributed by atoms with E-state index in [-0.39, 0.29) is 6.03 Å². The molecule has 2 N–H and O–H groups in total. The number of carbonyl (C=O) groups is 1. The van der Waals surface area contributed by atoms with Crippen molar-refractivity contribution in [1.82, 2.24) is 4.90 Å². The largest absolute Gasteiger partial charge is 0.328 e. The molecule has 0 saturated carbocycles. The highest BCUT2D eigenvalue weighted by atomic mass is 35.5. The second kappa shape index (κ2) is 7.49. The van der Waals surface area contributed by atoms with Crippen molar-refractivity contribution in [2.24, 2.45) is 0 Å². The molecule has 3 rings (SSSR count). The van der Waals surface area contributed by atoms with Crippen LogP contribution in [0, 0.1) is 0 Å². The van der Waals surface area contributed by atoms with Gasteiger partial charge in [-0.3, -0.25) is 0 Å². The number of nitrogens with one attached hydrogen (secondary N) is 2. The van der Waals surface area contributed by atoms with Gasteiger partial charge in [0.15, 0.2) is 0 Å². The van der Waals surface area contributed by atoms with E-state index in [0.717, 1.165) is 38.4 Å². The molecule has 4 nitrogen and oxygen atoms in total. The first-order valence-corrected chi connectivity index (χ1v) is 8.27. The van der Waals surface area contributed by atoms with Crippen molar-refractivity contribution in [3.05, 3.63) is 65.2 Å². The zero-order valence-electron chi connectivity index (χ0n) is 13.0. The predicted octanol–water partition coefficient (Wildman–Crippen LogP) is 2.27. The molecule has 1 fully saturated rings. The predicted molar refractivity (Wildman–Crippen MR) is 92.9 cm³/mol. The van der Waals surface area contributed by atoms with Crippen LogP contribution in [0.1, 0.15) is 5.56 Å². The lowest BCUT2D eigenvalue weighted by Crippen LogP contribution is -3.13. The third-order valence-corrected chi connectivity index (χ3v) is 4.40. The fourth-order valence-corrected chi connectivity index (χ4v) is 2.95. The molecule has 0 aromatic heterocycles. The van der Waals surface area contributed by atoms with Crippen molar-refractivity contribution in [1.29, 1.82) is 0 Å². The van der Waals surface area contributed by atoms with E-state index < -0.39 is 0 Å². The topological polar surface area (TPSA) is 36.8 Å². The van der Waals surface area contributed by atoms with Crippen molar-refractivity contribution in [3.8, 4) is 0 Å². The molecule has 2 aromatic rings. The van der Waals surface area contributed by atoms with E-state index >= 15 is 0 Å². The van der Waals surface area contributed by atoms with E-state index in [9.17, 15) is 4.79 Å². The lowest BCUT2D eigenvalue weighted by molar-refractivity contribution is -0.917. The van der Waals surface area contributed by atoms with Crippen molar-refractivity contribution < 1.29 is 9.69 Å². The van der Waals surface area contributed by atoms with Gasteiger partial charge >= 0.3 is 6.03 Å². The maximum Gasteiger partial charge on any atom is 0.322 e. The highest BCUT2D eigenvalue weighted by molar-refractivity contribution is 6.30. The standard InChI is InChI=1S/C18H20ClN3O/c19-16-6-8-17(9-7-16)20-18(23)22-12-10-21(11-13-22)14-15-4-2-1-3-5-15/h1-9H,10-14H2,(H,20,23)/p+1. The number of quaternary nitrogens is 1. The molecule has 1 aliphatic rings. The van der Waals surface area contributed by atoms with Crippen LogP contribution in [0.25, 0.3) is 0 Å². The number of amides is 2. The van der Waals surface area contributed by atoms with Gasteiger partial charge in [-0.25, -0.2) is 4.79 Å². The first kappa shape index (κ1) is 15.8. The van der Waals surface area contributed by atoms with Gasteiger partial charge in [-0.2, -0.15) is 0 Å². The average molecular weight is 331 g/mol. The summed E-state index contributed by atoms with van der Waals surface area (Å²) in [5.74, 6) is 0. The first-order valence-electron chi connectivity index (χ1n) is 7.90. The Kier molecular flexibility index (Phi) is 5.16. The first-order chi connectivity index (χ1) is 11.2. The van der Waals surface area contributed by atoms with Gasteiger partial charge in [0.25, 0.3) is 0 Å². The van der Waals surface area contributed by atoms with E-state index in [4.69, 9.17) is 11.6 Å². The lowest BCUT2D eigenvalue weighted by Gasteiger charge is -2.32. The van der Waals surface area contributed by atoms with E-state index in [1.54, 1.807) is 12.1 Å². The monoisotopic (exact) mass is 330 g/mol. The van der Waals surface area contributed by atoms with Crippen LogP contribution >= 0.6 is 11.6 Å². The van der Waals surface area contributed by atoms with Gasteiger partial charge in [-0.15, -0.1) is 0 Å². The minimum absolute atomic E-state index is 0.0360. The summed E-state index contributed by atoms with van der Waals surface area (Å²) in [6.07, 6.45) is 0. The second-order valence-electron chi connectivity index (χ2n) is 5.84. The summed E-state index contributed by atoms with van der Waals surface area (Å²) in [5, 5.41) is 3.59. The maximum atomic E-state index is 12.3. The Hall–Kier alpha value is -2.04. The zero-order valence-corrected chi connectivity index (χ0v) is 13.7. The Morgan fingerprint density at radius 1 is 1.04 bits per heavy atom. The smallest absolute Gasteiger partial charge is 0.322 e. The number of anilines is 1.